The molecule has 1 rings (SSSR count). The summed E-state index contributed by atoms with van der Waals surface area (Å²) >= 11 is 0. The number of methoxy groups -OCH3 is 1. The summed E-state index contributed by atoms with van der Waals surface area (Å²) in [5.74, 6) is 0.976. The van der Waals surface area contributed by atoms with E-state index in [9.17, 15) is 0 Å². The van der Waals surface area contributed by atoms with Crippen molar-refractivity contribution in [1.82, 2.24) is 15.5 Å². The lowest BCUT2D eigenvalue weighted by atomic mass is 9.67. The standard InChI is InChI=1S/C19H40N4O/c1-5-20-18(21-14-8-9-15-23(6-2)7-3)22-17-19(11-10-12-19)13-16-24-4/h5-17H2,1-4H3,(H2,20,21,22). The first kappa shape index (κ1) is 21.2. The number of nitrogens with one attached hydrogen (secondary N) is 2. The molecule has 0 aromatic rings. The lowest BCUT2D eigenvalue weighted by Crippen LogP contribution is -2.40. The summed E-state index contributed by atoms with van der Waals surface area (Å²) < 4.78 is 5.27. The van der Waals surface area contributed by atoms with Crippen molar-refractivity contribution < 1.29 is 4.74 Å². The van der Waals surface area contributed by atoms with E-state index in [1.807, 2.05) is 0 Å². The van der Waals surface area contributed by atoms with Crippen LogP contribution in [0.4, 0.5) is 0 Å². The van der Waals surface area contributed by atoms with Crippen LogP contribution in [0.25, 0.3) is 0 Å². The van der Waals surface area contributed by atoms with E-state index in [0.717, 1.165) is 51.7 Å². The Morgan fingerprint density at radius 1 is 1.12 bits per heavy atom. The summed E-state index contributed by atoms with van der Waals surface area (Å²) in [6, 6.07) is 0. The van der Waals surface area contributed by atoms with Crippen LogP contribution in [-0.2, 0) is 4.74 Å². The molecule has 1 fully saturated rings. The van der Waals surface area contributed by atoms with Crippen LogP contribution in [0.2, 0.25) is 0 Å². The second-order valence-corrected chi connectivity index (χ2v) is 6.95. The molecule has 0 unspecified atom stereocenters. The quantitative estimate of drug-likeness (QED) is 0.307. The fraction of sp³-hybridized carbons (Fsp3) is 0.947. The van der Waals surface area contributed by atoms with Gasteiger partial charge in [0.05, 0.1) is 0 Å². The first-order valence-electron chi connectivity index (χ1n) is 9.93. The Hall–Kier alpha value is -0.810. The minimum absolute atomic E-state index is 0.390. The smallest absolute Gasteiger partial charge is 0.191 e. The average molecular weight is 341 g/mol. The van der Waals surface area contributed by atoms with Crippen LogP contribution in [0.15, 0.2) is 4.99 Å². The summed E-state index contributed by atoms with van der Waals surface area (Å²) in [7, 11) is 1.79. The van der Waals surface area contributed by atoms with Crippen LogP contribution in [0, 0.1) is 5.41 Å². The van der Waals surface area contributed by atoms with Crippen molar-refractivity contribution >= 4 is 5.96 Å². The molecule has 0 bridgehead atoms. The molecular formula is C19H40N4O. The van der Waals surface area contributed by atoms with E-state index >= 15 is 0 Å². The van der Waals surface area contributed by atoms with Crippen molar-refractivity contribution in [2.45, 2.75) is 59.3 Å². The molecule has 142 valence electrons. The molecular weight excluding hydrogens is 300 g/mol. The number of aliphatic imine (C=N–C) groups is 1. The maximum Gasteiger partial charge on any atom is 0.191 e. The Kier molecular flexibility index (Phi) is 11.1. The molecule has 24 heavy (non-hydrogen) atoms. The predicted octanol–water partition coefficient (Wildman–Crippen LogP) is 2.87. The summed E-state index contributed by atoms with van der Waals surface area (Å²) in [6.45, 7) is 13.8. The Labute approximate surface area is 149 Å². The second-order valence-electron chi connectivity index (χ2n) is 6.95. The van der Waals surface area contributed by atoms with Gasteiger partial charge >= 0.3 is 0 Å². The van der Waals surface area contributed by atoms with Crippen molar-refractivity contribution in [3.05, 3.63) is 0 Å². The van der Waals surface area contributed by atoms with E-state index in [1.165, 1.54) is 38.6 Å². The molecule has 0 saturated heterocycles. The molecule has 5 heteroatoms. The third-order valence-electron chi connectivity index (χ3n) is 5.26. The highest BCUT2D eigenvalue weighted by Gasteiger charge is 2.36. The minimum Gasteiger partial charge on any atom is -0.385 e. The monoisotopic (exact) mass is 340 g/mol. The van der Waals surface area contributed by atoms with E-state index in [2.05, 4.69) is 36.3 Å². The number of unbranched alkanes of at least 4 members (excludes halogenated alkanes) is 1. The Balaban J connectivity index is 2.31. The van der Waals surface area contributed by atoms with Gasteiger partial charge in [-0.3, -0.25) is 4.99 Å². The van der Waals surface area contributed by atoms with Crippen molar-refractivity contribution in [1.29, 1.82) is 0 Å². The van der Waals surface area contributed by atoms with Gasteiger partial charge in [0.2, 0.25) is 0 Å². The molecule has 0 aromatic heterocycles. The van der Waals surface area contributed by atoms with E-state index in [0.29, 0.717) is 5.41 Å². The third kappa shape index (κ3) is 7.84. The SMILES string of the molecule is CCNC(=NCC1(CCOC)CCC1)NCCCCN(CC)CC. The topological polar surface area (TPSA) is 48.9 Å². The molecule has 0 spiro atoms. The zero-order valence-electron chi connectivity index (χ0n) is 16.5. The van der Waals surface area contributed by atoms with Gasteiger partial charge in [-0.2, -0.15) is 0 Å². The highest BCUT2D eigenvalue weighted by atomic mass is 16.5. The third-order valence-corrected chi connectivity index (χ3v) is 5.26. The zero-order chi connectivity index (χ0) is 17.7. The van der Waals surface area contributed by atoms with Gasteiger partial charge in [-0.1, -0.05) is 20.3 Å². The molecule has 2 N–H and O–H groups in total. The van der Waals surface area contributed by atoms with Gasteiger partial charge < -0.3 is 20.3 Å². The Bertz CT molecular complexity index is 338. The van der Waals surface area contributed by atoms with Gasteiger partial charge in [0, 0.05) is 33.4 Å². The van der Waals surface area contributed by atoms with E-state index in [-0.39, 0.29) is 0 Å². The van der Waals surface area contributed by atoms with Crippen molar-refractivity contribution in [3.63, 3.8) is 0 Å². The molecule has 0 aromatic carbocycles. The van der Waals surface area contributed by atoms with Crippen LogP contribution < -0.4 is 10.6 Å². The van der Waals surface area contributed by atoms with Gasteiger partial charge in [-0.25, -0.2) is 0 Å². The molecule has 0 radical (unpaired) electrons. The normalized spacial score (nSPS) is 17.0. The van der Waals surface area contributed by atoms with Crippen molar-refractivity contribution in [3.8, 4) is 0 Å². The highest BCUT2D eigenvalue weighted by molar-refractivity contribution is 5.79. The van der Waals surface area contributed by atoms with Crippen molar-refractivity contribution in [2.75, 3.05) is 53.0 Å². The highest BCUT2D eigenvalue weighted by Crippen LogP contribution is 2.44. The number of hydrogen-bond donors (Lipinski definition) is 2. The summed E-state index contributed by atoms with van der Waals surface area (Å²) in [5, 5.41) is 6.88. The van der Waals surface area contributed by atoms with E-state index < -0.39 is 0 Å². The maximum atomic E-state index is 5.27. The lowest BCUT2D eigenvalue weighted by molar-refractivity contribution is 0.0778. The molecule has 0 atom stereocenters. The fourth-order valence-corrected chi connectivity index (χ4v) is 3.28. The molecule has 1 aliphatic rings. The van der Waals surface area contributed by atoms with Crippen LogP contribution in [0.3, 0.4) is 0 Å². The molecule has 0 heterocycles. The van der Waals surface area contributed by atoms with Crippen LogP contribution >= 0.6 is 0 Å². The molecule has 1 saturated carbocycles. The fourth-order valence-electron chi connectivity index (χ4n) is 3.28. The van der Waals surface area contributed by atoms with Crippen LogP contribution in [-0.4, -0.2) is 63.8 Å². The van der Waals surface area contributed by atoms with Crippen LogP contribution in [0.1, 0.15) is 59.3 Å². The Morgan fingerprint density at radius 3 is 2.42 bits per heavy atom. The van der Waals surface area contributed by atoms with Gasteiger partial charge in [-0.15, -0.1) is 0 Å². The van der Waals surface area contributed by atoms with Gasteiger partial charge in [0.1, 0.15) is 0 Å². The number of hydrogen-bond acceptors (Lipinski definition) is 3. The molecule has 1 aliphatic carbocycles. The largest absolute Gasteiger partial charge is 0.385 e. The van der Waals surface area contributed by atoms with Crippen LogP contribution in [0.5, 0.6) is 0 Å². The lowest BCUT2D eigenvalue weighted by Gasteiger charge is -2.40. The maximum absolute atomic E-state index is 5.27. The Morgan fingerprint density at radius 2 is 1.88 bits per heavy atom. The number of guanidine groups is 1. The predicted molar refractivity (Wildman–Crippen MR) is 104 cm³/mol. The number of rotatable bonds is 13. The first-order chi connectivity index (χ1) is 11.7. The first-order valence-corrected chi connectivity index (χ1v) is 9.93. The molecule has 0 aliphatic heterocycles. The van der Waals surface area contributed by atoms with Gasteiger partial charge in [0.15, 0.2) is 5.96 Å². The van der Waals surface area contributed by atoms with Gasteiger partial charge in [-0.05, 0) is 64.1 Å². The minimum atomic E-state index is 0.390. The number of ether oxygens (including phenoxy) is 1. The van der Waals surface area contributed by atoms with E-state index in [4.69, 9.17) is 9.73 Å². The average Bonchev–Trinajstić information content (AvgIpc) is 2.56. The molecule has 0 amide bonds. The summed E-state index contributed by atoms with van der Waals surface area (Å²) in [6.07, 6.45) is 7.50. The second kappa shape index (κ2) is 12.5. The molecule has 5 nitrogen and oxygen atoms in total. The van der Waals surface area contributed by atoms with Crippen molar-refractivity contribution in [2.24, 2.45) is 10.4 Å². The summed E-state index contributed by atoms with van der Waals surface area (Å²) in [5.41, 5.74) is 0.390. The summed E-state index contributed by atoms with van der Waals surface area (Å²) in [4.78, 5) is 7.34. The zero-order valence-corrected chi connectivity index (χ0v) is 16.5. The van der Waals surface area contributed by atoms with E-state index in [1.54, 1.807) is 7.11 Å². The number of nitrogens with zero attached hydrogens (tertiary/aromatic N) is 2. The van der Waals surface area contributed by atoms with Gasteiger partial charge in [0.25, 0.3) is 0 Å².